The van der Waals surface area contributed by atoms with Crippen molar-refractivity contribution in [3.63, 3.8) is 0 Å². The van der Waals surface area contributed by atoms with E-state index < -0.39 is 0 Å². The largest absolute Gasteiger partial charge is 0.497 e. The van der Waals surface area contributed by atoms with E-state index in [1.807, 2.05) is 18.2 Å². The van der Waals surface area contributed by atoms with Crippen molar-refractivity contribution < 1.29 is 9.47 Å². The van der Waals surface area contributed by atoms with Crippen LogP contribution in [0.2, 0.25) is 0 Å². The predicted molar refractivity (Wildman–Crippen MR) is 81.5 cm³/mol. The number of hydrogen-bond acceptors (Lipinski definition) is 2. The predicted octanol–water partition coefficient (Wildman–Crippen LogP) is 4.94. The van der Waals surface area contributed by atoms with Gasteiger partial charge in [-0.15, -0.1) is 0 Å². The molecule has 0 N–H and O–H groups in total. The van der Waals surface area contributed by atoms with Crippen molar-refractivity contribution in [2.24, 2.45) is 5.92 Å². The summed E-state index contributed by atoms with van der Waals surface area (Å²) in [4.78, 5) is 0. The molecular weight excluding hydrogens is 304 g/mol. The highest BCUT2D eigenvalue weighted by Gasteiger charge is 2.21. The summed E-state index contributed by atoms with van der Waals surface area (Å²) in [7, 11) is 1.70. The summed E-state index contributed by atoms with van der Waals surface area (Å²) in [6.45, 7) is 2.95. The van der Waals surface area contributed by atoms with Crippen LogP contribution in [0.15, 0.2) is 22.7 Å². The van der Waals surface area contributed by atoms with Gasteiger partial charge in [-0.25, -0.2) is 0 Å². The smallest absolute Gasteiger partial charge is 0.119 e. The van der Waals surface area contributed by atoms with E-state index in [0.29, 0.717) is 12.7 Å². The molecule has 19 heavy (non-hydrogen) atoms. The Bertz CT molecular complexity index is 406. The molecule has 0 radical (unpaired) electrons. The molecule has 2 nitrogen and oxygen atoms in total. The number of halogens is 1. The second kappa shape index (κ2) is 7.30. The fraction of sp³-hybridized carbons (Fsp3) is 0.625. The van der Waals surface area contributed by atoms with Gasteiger partial charge in [-0.05, 0) is 42.5 Å². The first kappa shape index (κ1) is 14.9. The third kappa shape index (κ3) is 4.22. The molecule has 2 unspecified atom stereocenters. The Morgan fingerprint density at radius 1 is 1.32 bits per heavy atom. The third-order valence-electron chi connectivity index (χ3n) is 4.04. The van der Waals surface area contributed by atoms with Gasteiger partial charge in [0.2, 0.25) is 0 Å². The molecule has 0 heterocycles. The van der Waals surface area contributed by atoms with Gasteiger partial charge in [0.15, 0.2) is 0 Å². The molecule has 1 aliphatic rings. The Morgan fingerprint density at radius 3 is 2.89 bits per heavy atom. The SMILES string of the molecule is CCC1CCCC(OCc2cc(OC)ccc2Br)C1. The van der Waals surface area contributed by atoms with Crippen molar-refractivity contribution in [1.29, 1.82) is 0 Å². The molecule has 1 fully saturated rings. The quantitative estimate of drug-likeness (QED) is 0.762. The zero-order chi connectivity index (χ0) is 13.7. The summed E-state index contributed by atoms with van der Waals surface area (Å²) in [5.41, 5.74) is 1.16. The van der Waals surface area contributed by atoms with Crippen LogP contribution in [-0.4, -0.2) is 13.2 Å². The van der Waals surface area contributed by atoms with E-state index in [0.717, 1.165) is 21.7 Å². The Kier molecular flexibility index (Phi) is 5.71. The molecule has 106 valence electrons. The van der Waals surface area contributed by atoms with E-state index >= 15 is 0 Å². The summed E-state index contributed by atoms with van der Waals surface area (Å²) in [5, 5.41) is 0. The van der Waals surface area contributed by atoms with Gasteiger partial charge in [-0.2, -0.15) is 0 Å². The average Bonchev–Trinajstić information content (AvgIpc) is 2.46. The Morgan fingerprint density at radius 2 is 2.16 bits per heavy atom. The fourth-order valence-corrected chi connectivity index (χ4v) is 3.12. The van der Waals surface area contributed by atoms with Crippen molar-refractivity contribution in [2.75, 3.05) is 7.11 Å². The van der Waals surface area contributed by atoms with Crippen molar-refractivity contribution in [1.82, 2.24) is 0 Å². The van der Waals surface area contributed by atoms with E-state index in [4.69, 9.17) is 9.47 Å². The summed E-state index contributed by atoms with van der Waals surface area (Å²) in [6, 6.07) is 6.03. The summed E-state index contributed by atoms with van der Waals surface area (Å²) < 4.78 is 12.4. The lowest BCUT2D eigenvalue weighted by Crippen LogP contribution is -2.22. The van der Waals surface area contributed by atoms with E-state index in [-0.39, 0.29) is 0 Å². The lowest BCUT2D eigenvalue weighted by Gasteiger charge is -2.28. The normalized spacial score (nSPS) is 23.3. The van der Waals surface area contributed by atoms with Crippen LogP contribution in [0.1, 0.15) is 44.6 Å². The molecule has 1 aromatic carbocycles. The van der Waals surface area contributed by atoms with Gasteiger partial charge in [0.1, 0.15) is 5.75 Å². The first-order valence-electron chi connectivity index (χ1n) is 7.17. The molecule has 1 saturated carbocycles. The molecule has 2 atom stereocenters. The maximum Gasteiger partial charge on any atom is 0.119 e. The van der Waals surface area contributed by atoms with Crippen LogP contribution in [0.4, 0.5) is 0 Å². The average molecular weight is 327 g/mol. The maximum atomic E-state index is 6.10. The molecule has 0 saturated heterocycles. The molecule has 0 aliphatic heterocycles. The molecule has 3 heteroatoms. The lowest BCUT2D eigenvalue weighted by atomic mass is 9.85. The molecule has 1 aliphatic carbocycles. The fourth-order valence-electron chi connectivity index (χ4n) is 2.76. The minimum Gasteiger partial charge on any atom is -0.497 e. The number of hydrogen-bond donors (Lipinski definition) is 0. The van der Waals surface area contributed by atoms with E-state index in [2.05, 4.69) is 22.9 Å². The highest BCUT2D eigenvalue weighted by Crippen LogP contribution is 2.30. The van der Waals surface area contributed by atoms with Crippen LogP contribution >= 0.6 is 15.9 Å². The first-order chi connectivity index (χ1) is 9.22. The highest BCUT2D eigenvalue weighted by atomic mass is 79.9. The molecule has 0 amide bonds. The van der Waals surface area contributed by atoms with Crippen LogP contribution in [-0.2, 0) is 11.3 Å². The van der Waals surface area contributed by atoms with Gasteiger partial charge in [0.05, 0.1) is 19.8 Å². The third-order valence-corrected chi connectivity index (χ3v) is 4.81. The summed E-state index contributed by atoms with van der Waals surface area (Å²) >= 11 is 3.57. The van der Waals surface area contributed by atoms with Crippen molar-refractivity contribution >= 4 is 15.9 Å². The topological polar surface area (TPSA) is 18.5 Å². The van der Waals surface area contributed by atoms with Gasteiger partial charge >= 0.3 is 0 Å². The van der Waals surface area contributed by atoms with E-state index in [9.17, 15) is 0 Å². The molecule has 0 aromatic heterocycles. The molecule has 2 rings (SSSR count). The van der Waals surface area contributed by atoms with Gasteiger partial charge in [-0.1, -0.05) is 42.1 Å². The van der Waals surface area contributed by atoms with E-state index in [1.165, 1.54) is 32.1 Å². The number of rotatable bonds is 5. The highest BCUT2D eigenvalue weighted by molar-refractivity contribution is 9.10. The van der Waals surface area contributed by atoms with Gasteiger partial charge in [-0.3, -0.25) is 0 Å². The lowest BCUT2D eigenvalue weighted by molar-refractivity contribution is 0.00148. The number of methoxy groups -OCH3 is 1. The Labute approximate surface area is 124 Å². The van der Waals surface area contributed by atoms with Gasteiger partial charge in [0, 0.05) is 4.47 Å². The van der Waals surface area contributed by atoms with Crippen molar-refractivity contribution in [2.45, 2.75) is 51.7 Å². The molecule has 0 bridgehead atoms. The maximum absolute atomic E-state index is 6.10. The Hall–Kier alpha value is -0.540. The monoisotopic (exact) mass is 326 g/mol. The van der Waals surface area contributed by atoms with Crippen LogP contribution in [0, 0.1) is 5.92 Å². The van der Waals surface area contributed by atoms with Crippen LogP contribution in [0.3, 0.4) is 0 Å². The van der Waals surface area contributed by atoms with Crippen LogP contribution in [0.25, 0.3) is 0 Å². The standard InChI is InChI=1S/C16H23BrO2/c1-3-12-5-4-6-15(9-12)19-11-13-10-14(18-2)7-8-16(13)17/h7-8,10,12,15H,3-6,9,11H2,1-2H3. The van der Waals surface area contributed by atoms with E-state index in [1.54, 1.807) is 7.11 Å². The molecule has 1 aromatic rings. The zero-order valence-electron chi connectivity index (χ0n) is 11.8. The first-order valence-corrected chi connectivity index (χ1v) is 7.96. The molecule has 0 spiro atoms. The van der Waals surface area contributed by atoms with Crippen LogP contribution < -0.4 is 4.74 Å². The Balaban J connectivity index is 1.91. The minimum absolute atomic E-state index is 0.428. The van der Waals surface area contributed by atoms with Crippen molar-refractivity contribution in [3.8, 4) is 5.75 Å². The van der Waals surface area contributed by atoms with Gasteiger partial charge < -0.3 is 9.47 Å². The minimum atomic E-state index is 0.428. The molecular formula is C16H23BrO2. The van der Waals surface area contributed by atoms with Crippen molar-refractivity contribution in [3.05, 3.63) is 28.2 Å². The van der Waals surface area contributed by atoms with Crippen LogP contribution in [0.5, 0.6) is 5.75 Å². The number of ether oxygens (including phenoxy) is 2. The van der Waals surface area contributed by atoms with Gasteiger partial charge in [0.25, 0.3) is 0 Å². The second-order valence-electron chi connectivity index (χ2n) is 5.33. The summed E-state index contributed by atoms with van der Waals surface area (Å²) in [5.74, 6) is 1.74. The zero-order valence-corrected chi connectivity index (χ0v) is 13.4. The number of benzene rings is 1. The second-order valence-corrected chi connectivity index (χ2v) is 6.19. The summed E-state index contributed by atoms with van der Waals surface area (Å²) in [6.07, 6.45) is 6.82.